The average molecular weight is 290 g/mol. The van der Waals surface area contributed by atoms with E-state index < -0.39 is 0 Å². The molecule has 1 aliphatic rings. The zero-order valence-corrected chi connectivity index (χ0v) is 12.5. The summed E-state index contributed by atoms with van der Waals surface area (Å²) in [6.45, 7) is 0. The Kier molecular flexibility index (Phi) is 4.53. The molecular formula is C15H18N2S2. The number of thiazole rings is 1. The van der Waals surface area contributed by atoms with Gasteiger partial charge in [0, 0.05) is 17.0 Å². The highest BCUT2D eigenvalue weighted by molar-refractivity contribution is 7.97. The molecule has 3 rings (SSSR count). The quantitative estimate of drug-likeness (QED) is 0.823. The Balaban J connectivity index is 1.59. The van der Waals surface area contributed by atoms with Gasteiger partial charge in [-0.3, -0.25) is 4.72 Å². The van der Waals surface area contributed by atoms with Crippen molar-refractivity contribution in [2.45, 2.75) is 43.2 Å². The number of aromatic nitrogens is 1. The zero-order valence-electron chi connectivity index (χ0n) is 10.8. The molecule has 0 saturated heterocycles. The second-order valence-corrected chi connectivity index (χ2v) is 6.63. The fraction of sp³-hybridized carbons (Fsp3) is 0.400. The van der Waals surface area contributed by atoms with Gasteiger partial charge in [0.15, 0.2) is 0 Å². The first-order chi connectivity index (χ1) is 9.42. The fourth-order valence-electron chi connectivity index (χ4n) is 2.38. The van der Waals surface area contributed by atoms with Crippen molar-refractivity contribution in [3.8, 4) is 10.6 Å². The summed E-state index contributed by atoms with van der Waals surface area (Å²) < 4.78 is 3.56. The van der Waals surface area contributed by atoms with E-state index in [2.05, 4.69) is 39.4 Å². The van der Waals surface area contributed by atoms with E-state index >= 15 is 0 Å². The molecule has 1 aromatic carbocycles. The molecule has 1 N–H and O–H groups in total. The number of hydrogen-bond acceptors (Lipinski definition) is 4. The topological polar surface area (TPSA) is 24.9 Å². The van der Waals surface area contributed by atoms with Crippen LogP contribution in [-0.4, -0.2) is 11.0 Å². The van der Waals surface area contributed by atoms with Crippen LogP contribution in [0, 0.1) is 0 Å². The highest BCUT2D eigenvalue weighted by Gasteiger charge is 2.13. The highest BCUT2D eigenvalue weighted by Crippen LogP contribution is 2.28. The molecule has 0 bridgehead atoms. The van der Waals surface area contributed by atoms with Crippen molar-refractivity contribution in [2.24, 2.45) is 0 Å². The predicted octanol–water partition coefficient (Wildman–Crippen LogP) is 4.74. The maximum Gasteiger partial charge on any atom is 0.124 e. The molecule has 1 aromatic heterocycles. The summed E-state index contributed by atoms with van der Waals surface area (Å²) >= 11 is 3.41. The van der Waals surface area contributed by atoms with Gasteiger partial charge >= 0.3 is 0 Å². The first-order valence-corrected chi connectivity index (χ1v) is 8.55. The molecule has 1 aliphatic carbocycles. The Morgan fingerprint density at radius 3 is 2.68 bits per heavy atom. The molecule has 0 amide bonds. The summed E-state index contributed by atoms with van der Waals surface area (Å²) in [7, 11) is 0. The van der Waals surface area contributed by atoms with Crippen molar-refractivity contribution < 1.29 is 0 Å². The molecule has 1 saturated carbocycles. The number of nitrogens with one attached hydrogen (secondary N) is 1. The molecule has 2 nitrogen and oxygen atoms in total. The maximum atomic E-state index is 4.68. The molecule has 19 heavy (non-hydrogen) atoms. The Bertz CT molecular complexity index is 504. The van der Waals surface area contributed by atoms with Gasteiger partial charge in [0.05, 0.1) is 0 Å². The summed E-state index contributed by atoms with van der Waals surface area (Å²) in [4.78, 5) is 4.68. The standard InChI is InChI=1S/C15H18N2S2/c1-3-7-12(8-4-1)15-16-14(11-18-15)19-17-13-9-5-2-6-10-13/h1,3-4,7-8,11,13,17H,2,5-6,9-10H2. The lowest BCUT2D eigenvalue weighted by molar-refractivity contribution is 0.423. The van der Waals surface area contributed by atoms with Gasteiger partial charge in [-0.25, -0.2) is 4.98 Å². The van der Waals surface area contributed by atoms with Gasteiger partial charge in [-0.15, -0.1) is 11.3 Å². The zero-order chi connectivity index (χ0) is 12.9. The van der Waals surface area contributed by atoms with Crippen LogP contribution in [0.5, 0.6) is 0 Å². The number of rotatable bonds is 4. The van der Waals surface area contributed by atoms with Crippen molar-refractivity contribution in [3.63, 3.8) is 0 Å². The molecule has 0 aliphatic heterocycles. The van der Waals surface area contributed by atoms with E-state index in [0.29, 0.717) is 6.04 Å². The van der Waals surface area contributed by atoms with Crippen LogP contribution in [0.15, 0.2) is 40.7 Å². The van der Waals surface area contributed by atoms with Crippen molar-refractivity contribution in [1.82, 2.24) is 9.71 Å². The third kappa shape index (κ3) is 3.59. The molecule has 1 fully saturated rings. The Labute approximate surface area is 122 Å². The van der Waals surface area contributed by atoms with Crippen LogP contribution < -0.4 is 4.72 Å². The average Bonchev–Trinajstić information content (AvgIpc) is 2.96. The van der Waals surface area contributed by atoms with E-state index in [4.69, 9.17) is 0 Å². The molecular weight excluding hydrogens is 272 g/mol. The second-order valence-electron chi connectivity index (χ2n) is 4.91. The summed E-state index contributed by atoms with van der Waals surface area (Å²) in [6.07, 6.45) is 6.75. The fourth-order valence-corrected chi connectivity index (χ4v) is 4.13. The summed E-state index contributed by atoms with van der Waals surface area (Å²) in [5.41, 5.74) is 1.21. The third-order valence-corrected chi connectivity index (χ3v) is 5.35. The first-order valence-electron chi connectivity index (χ1n) is 6.85. The van der Waals surface area contributed by atoms with Gasteiger partial charge in [0.2, 0.25) is 0 Å². The molecule has 2 aromatic rings. The lowest BCUT2D eigenvalue weighted by Gasteiger charge is -2.21. The minimum Gasteiger partial charge on any atom is -0.255 e. The summed E-state index contributed by atoms with van der Waals surface area (Å²) in [5, 5.41) is 4.34. The Morgan fingerprint density at radius 2 is 1.89 bits per heavy atom. The van der Waals surface area contributed by atoms with Crippen LogP contribution in [0.3, 0.4) is 0 Å². The van der Waals surface area contributed by atoms with Crippen LogP contribution in [0.2, 0.25) is 0 Å². The number of hydrogen-bond donors (Lipinski definition) is 1. The van der Waals surface area contributed by atoms with Gasteiger partial charge in [0.25, 0.3) is 0 Å². The Hall–Kier alpha value is -0.840. The van der Waals surface area contributed by atoms with Crippen LogP contribution in [0.25, 0.3) is 10.6 Å². The minimum atomic E-state index is 0.667. The van der Waals surface area contributed by atoms with Crippen molar-refractivity contribution in [1.29, 1.82) is 0 Å². The number of nitrogens with zero attached hydrogens (tertiary/aromatic N) is 1. The molecule has 0 atom stereocenters. The van der Waals surface area contributed by atoms with Crippen molar-refractivity contribution >= 4 is 23.3 Å². The molecule has 1 heterocycles. The normalized spacial score (nSPS) is 16.6. The Morgan fingerprint density at radius 1 is 1.11 bits per heavy atom. The van der Waals surface area contributed by atoms with E-state index in [1.54, 1.807) is 23.3 Å². The minimum absolute atomic E-state index is 0.667. The van der Waals surface area contributed by atoms with Gasteiger partial charge in [-0.05, 0) is 24.8 Å². The lowest BCUT2D eigenvalue weighted by atomic mass is 9.96. The van der Waals surface area contributed by atoms with E-state index in [1.165, 1.54) is 37.7 Å². The van der Waals surface area contributed by atoms with E-state index in [1.807, 2.05) is 6.07 Å². The first kappa shape index (κ1) is 13.2. The van der Waals surface area contributed by atoms with Crippen LogP contribution in [-0.2, 0) is 0 Å². The molecule has 100 valence electrons. The molecule has 0 unspecified atom stereocenters. The monoisotopic (exact) mass is 290 g/mol. The van der Waals surface area contributed by atoms with Crippen LogP contribution in [0.4, 0.5) is 0 Å². The lowest BCUT2D eigenvalue weighted by Crippen LogP contribution is -2.25. The van der Waals surface area contributed by atoms with Crippen molar-refractivity contribution in [3.05, 3.63) is 35.7 Å². The van der Waals surface area contributed by atoms with Gasteiger partial charge in [-0.1, -0.05) is 49.6 Å². The SMILES string of the molecule is c1ccc(-c2nc(SNC3CCCCC3)cs2)cc1. The second kappa shape index (κ2) is 6.55. The third-order valence-electron chi connectivity index (χ3n) is 3.44. The van der Waals surface area contributed by atoms with Gasteiger partial charge in [-0.2, -0.15) is 0 Å². The molecule has 4 heteroatoms. The van der Waals surface area contributed by atoms with Crippen LogP contribution in [0.1, 0.15) is 32.1 Å². The predicted molar refractivity (Wildman–Crippen MR) is 83.4 cm³/mol. The maximum absolute atomic E-state index is 4.68. The summed E-state index contributed by atoms with van der Waals surface area (Å²) in [6, 6.07) is 11.1. The van der Waals surface area contributed by atoms with E-state index in [-0.39, 0.29) is 0 Å². The van der Waals surface area contributed by atoms with E-state index in [0.717, 1.165) is 10.0 Å². The number of benzene rings is 1. The largest absolute Gasteiger partial charge is 0.255 e. The van der Waals surface area contributed by atoms with Crippen LogP contribution >= 0.6 is 23.3 Å². The smallest absolute Gasteiger partial charge is 0.124 e. The summed E-state index contributed by atoms with van der Waals surface area (Å²) in [5.74, 6) is 0. The van der Waals surface area contributed by atoms with Gasteiger partial charge < -0.3 is 0 Å². The van der Waals surface area contributed by atoms with E-state index in [9.17, 15) is 0 Å². The molecule has 0 radical (unpaired) electrons. The highest BCUT2D eigenvalue weighted by atomic mass is 32.2. The van der Waals surface area contributed by atoms with Gasteiger partial charge in [0.1, 0.15) is 10.0 Å². The molecule has 0 spiro atoms. The van der Waals surface area contributed by atoms with Crippen molar-refractivity contribution in [2.75, 3.05) is 0 Å².